The number of amides is 3. The van der Waals surface area contributed by atoms with Crippen LogP contribution in [0, 0.1) is 0 Å². The number of esters is 1. The summed E-state index contributed by atoms with van der Waals surface area (Å²) in [6.07, 6.45) is 1.31. The molecule has 1 aromatic rings. The maximum atomic E-state index is 11.7. The summed E-state index contributed by atoms with van der Waals surface area (Å²) in [4.78, 5) is 34.0. The molecular weight excluding hydrogens is 262 g/mol. The summed E-state index contributed by atoms with van der Waals surface area (Å²) >= 11 is 0. The molecule has 1 aliphatic rings. The molecule has 0 aliphatic carbocycles. The molecule has 0 bridgehead atoms. The third-order valence-electron chi connectivity index (χ3n) is 2.57. The zero-order chi connectivity index (χ0) is 14.5. The van der Waals surface area contributed by atoms with Crippen LogP contribution in [0.3, 0.4) is 0 Å². The molecule has 0 saturated carbocycles. The van der Waals surface area contributed by atoms with Crippen LogP contribution in [0.5, 0.6) is 0 Å². The van der Waals surface area contributed by atoms with Gasteiger partial charge in [0.2, 0.25) is 5.91 Å². The van der Waals surface area contributed by atoms with Gasteiger partial charge in [-0.25, -0.2) is 9.59 Å². The van der Waals surface area contributed by atoms with Gasteiger partial charge >= 0.3 is 12.0 Å². The smallest absolute Gasteiger partial charge is 0.337 e. The Bertz CT molecular complexity index is 595. The Hall–Kier alpha value is -2.83. The van der Waals surface area contributed by atoms with Crippen molar-refractivity contribution in [3.63, 3.8) is 0 Å². The van der Waals surface area contributed by atoms with Gasteiger partial charge in [0.25, 0.3) is 0 Å². The lowest BCUT2D eigenvalue weighted by Gasteiger charge is -2.08. The van der Waals surface area contributed by atoms with Gasteiger partial charge in [0.05, 0.1) is 19.2 Å². The normalized spacial score (nSPS) is 13.2. The minimum absolute atomic E-state index is 0.243. The van der Waals surface area contributed by atoms with Crippen molar-refractivity contribution in [1.29, 1.82) is 0 Å². The van der Waals surface area contributed by atoms with E-state index in [2.05, 4.69) is 20.7 Å². The molecule has 20 heavy (non-hydrogen) atoms. The molecule has 1 aliphatic heterocycles. The largest absolute Gasteiger partial charge is 0.465 e. The lowest BCUT2D eigenvalue weighted by Crippen LogP contribution is -2.30. The highest BCUT2D eigenvalue weighted by atomic mass is 16.5. The van der Waals surface area contributed by atoms with Crippen LogP contribution in [0.2, 0.25) is 0 Å². The second kappa shape index (κ2) is 5.87. The summed E-state index contributed by atoms with van der Waals surface area (Å²) in [6, 6.07) is 5.85. The summed E-state index contributed by atoms with van der Waals surface area (Å²) in [5.41, 5.74) is 1.27. The first-order chi connectivity index (χ1) is 9.58. The van der Waals surface area contributed by atoms with Crippen LogP contribution in [0.4, 0.5) is 10.5 Å². The third-order valence-corrected chi connectivity index (χ3v) is 2.57. The third kappa shape index (κ3) is 3.35. The number of anilines is 1. The topological polar surface area (TPSA) is 96.5 Å². The average Bonchev–Trinajstić information content (AvgIpc) is 2.83. The van der Waals surface area contributed by atoms with Gasteiger partial charge in [-0.1, -0.05) is 6.07 Å². The highest BCUT2D eigenvalue weighted by Gasteiger charge is 2.13. The average molecular weight is 275 g/mol. The fourth-order valence-electron chi connectivity index (χ4n) is 1.67. The zero-order valence-electron chi connectivity index (χ0n) is 10.7. The molecular formula is C13H13N3O4. The Morgan fingerprint density at radius 2 is 2.10 bits per heavy atom. The molecule has 1 aromatic carbocycles. The van der Waals surface area contributed by atoms with Gasteiger partial charge in [0.1, 0.15) is 0 Å². The minimum Gasteiger partial charge on any atom is -0.465 e. The van der Waals surface area contributed by atoms with Crippen molar-refractivity contribution in [3.8, 4) is 0 Å². The molecule has 0 unspecified atom stereocenters. The molecule has 7 nitrogen and oxygen atoms in total. The second-order valence-electron chi connectivity index (χ2n) is 4.04. The number of carbonyl (C=O) groups excluding carboxylic acids is 3. The number of methoxy groups -OCH3 is 1. The van der Waals surface area contributed by atoms with Gasteiger partial charge < -0.3 is 20.7 Å². The van der Waals surface area contributed by atoms with Crippen molar-refractivity contribution in [1.82, 2.24) is 10.6 Å². The molecule has 104 valence electrons. The van der Waals surface area contributed by atoms with Crippen molar-refractivity contribution >= 4 is 23.6 Å². The van der Waals surface area contributed by atoms with E-state index in [1.54, 1.807) is 18.2 Å². The van der Waals surface area contributed by atoms with E-state index in [1.807, 2.05) is 0 Å². The highest BCUT2D eigenvalue weighted by Crippen LogP contribution is 2.11. The van der Waals surface area contributed by atoms with Crippen LogP contribution in [0.15, 0.2) is 36.0 Å². The van der Waals surface area contributed by atoms with Crippen molar-refractivity contribution < 1.29 is 19.1 Å². The highest BCUT2D eigenvalue weighted by molar-refractivity contribution is 5.96. The molecule has 1 heterocycles. The number of benzene rings is 1. The molecule has 3 N–H and O–H groups in total. The summed E-state index contributed by atoms with van der Waals surface area (Å²) in [5.74, 6) is -0.727. The molecule has 0 saturated heterocycles. The van der Waals surface area contributed by atoms with Crippen molar-refractivity contribution in [2.75, 3.05) is 19.0 Å². The van der Waals surface area contributed by atoms with E-state index < -0.39 is 12.0 Å². The van der Waals surface area contributed by atoms with Crippen molar-refractivity contribution in [2.45, 2.75) is 0 Å². The monoisotopic (exact) mass is 275 g/mol. The first-order valence-electron chi connectivity index (χ1n) is 5.83. The zero-order valence-corrected chi connectivity index (χ0v) is 10.7. The Morgan fingerprint density at radius 1 is 1.30 bits per heavy atom. The summed E-state index contributed by atoms with van der Waals surface area (Å²) in [7, 11) is 1.28. The first kappa shape index (κ1) is 13.6. The standard InChI is InChI=1S/C13H13N3O4/c1-20-12(18)8-3-2-4-9(5-8)15-13(19)16-10-6-11(17)14-7-10/h2-6H,7H2,1H3,(H,14,17)(H2,15,16,19). The van der Waals surface area contributed by atoms with Crippen molar-refractivity contribution in [2.24, 2.45) is 0 Å². The number of hydrogen-bond acceptors (Lipinski definition) is 4. The first-order valence-corrected chi connectivity index (χ1v) is 5.83. The SMILES string of the molecule is COC(=O)c1cccc(NC(=O)NC2=CC(=O)NC2)c1. The van der Waals surface area contributed by atoms with Gasteiger partial charge in [0.15, 0.2) is 0 Å². The van der Waals surface area contributed by atoms with Crippen LogP contribution in [0.25, 0.3) is 0 Å². The predicted molar refractivity (Wildman–Crippen MR) is 71.0 cm³/mol. The fraction of sp³-hybridized carbons (Fsp3) is 0.154. The second-order valence-corrected chi connectivity index (χ2v) is 4.04. The van der Waals surface area contributed by atoms with Crippen LogP contribution >= 0.6 is 0 Å². The number of nitrogens with one attached hydrogen (secondary N) is 3. The van der Waals surface area contributed by atoms with Crippen LogP contribution in [-0.4, -0.2) is 31.6 Å². The van der Waals surface area contributed by atoms with E-state index in [1.165, 1.54) is 19.3 Å². The quantitative estimate of drug-likeness (QED) is 0.704. The van der Waals surface area contributed by atoms with Gasteiger partial charge in [-0.15, -0.1) is 0 Å². The van der Waals surface area contributed by atoms with Gasteiger partial charge in [-0.3, -0.25) is 4.79 Å². The Morgan fingerprint density at radius 3 is 2.75 bits per heavy atom. The molecule has 7 heteroatoms. The lowest BCUT2D eigenvalue weighted by molar-refractivity contribution is -0.115. The van der Waals surface area contributed by atoms with E-state index in [0.29, 0.717) is 16.9 Å². The number of carbonyl (C=O) groups is 3. The van der Waals surface area contributed by atoms with E-state index in [0.717, 1.165) is 0 Å². The lowest BCUT2D eigenvalue weighted by atomic mass is 10.2. The number of urea groups is 1. The van der Waals surface area contributed by atoms with E-state index in [9.17, 15) is 14.4 Å². The number of rotatable bonds is 3. The molecule has 0 spiro atoms. The summed E-state index contributed by atoms with van der Waals surface area (Å²) in [5, 5.41) is 7.63. The molecule has 2 rings (SSSR count). The molecule has 3 amide bonds. The van der Waals surface area contributed by atoms with E-state index in [-0.39, 0.29) is 12.5 Å². The number of hydrogen-bond donors (Lipinski definition) is 3. The summed E-state index contributed by atoms with van der Waals surface area (Å²) < 4.78 is 4.59. The maximum absolute atomic E-state index is 11.7. The van der Waals surface area contributed by atoms with Gasteiger partial charge in [-0.2, -0.15) is 0 Å². The predicted octanol–water partition coefficient (Wildman–Crippen LogP) is 0.608. The molecule has 0 fully saturated rings. The van der Waals surface area contributed by atoms with Crippen LogP contribution in [-0.2, 0) is 9.53 Å². The number of ether oxygens (including phenoxy) is 1. The molecule has 0 aromatic heterocycles. The van der Waals surface area contributed by atoms with E-state index in [4.69, 9.17) is 0 Å². The van der Waals surface area contributed by atoms with E-state index >= 15 is 0 Å². The van der Waals surface area contributed by atoms with Crippen LogP contribution < -0.4 is 16.0 Å². The van der Waals surface area contributed by atoms with Crippen molar-refractivity contribution in [3.05, 3.63) is 41.6 Å². The fourth-order valence-corrected chi connectivity index (χ4v) is 1.67. The maximum Gasteiger partial charge on any atom is 0.337 e. The summed E-state index contributed by atoms with van der Waals surface area (Å²) in [6.45, 7) is 0.286. The molecule has 0 radical (unpaired) electrons. The van der Waals surface area contributed by atoms with Gasteiger partial charge in [-0.05, 0) is 18.2 Å². The van der Waals surface area contributed by atoms with Gasteiger partial charge in [0, 0.05) is 17.5 Å². The Kier molecular flexibility index (Phi) is 3.99. The Balaban J connectivity index is 1.99. The minimum atomic E-state index is -0.491. The molecule has 0 atom stereocenters. The van der Waals surface area contributed by atoms with Crippen LogP contribution in [0.1, 0.15) is 10.4 Å². The Labute approximate surface area is 115 Å².